The Morgan fingerprint density at radius 3 is 2.62 bits per heavy atom. The van der Waals surface area contributed by atoms with E-state index >= 15 is 0 Å². The lowest BCUT2D eigenvalue weighted by Gasteiger charge is -2.19. The largest absolute Gasteiger partial charge is 0.444 e. The minimum atomic E-state index is -3.63. The van der Waals surface area contributed by atoms with E-state index in [9.17, 15) is 13.2 Å². The van der Waals surface area contributed by atoms with Crippen molar-refractivity contribution in [2.45, 2.75) is 37.0 Å². The second-order valence-electron chi connectivity index (χ2n) is 5.32. The molecule has 1 aromatic rings. The summed E-state index contributed by atoms with van der Waals surface area (Å²) in [7, 11) is -3.63. The van der Waals surface area contributed by atoms with E-state index in [2.05, 4.69) is 5.32 Å². The van der Waals surface area contributed by atoms with Crippen LogP contribution >= 0.6 is 11.3 Å². The average Bonchev–Trinajstić information content (AvgIpc) is 2.74. The van der Waals surface area contributed by atoms with E-state index in [1.165, 1.54) is 6.07 Å². The van der Waals surface area contributed by atoms with E-state index in [0.717, 1.165) is 16.2 Å². The molecule has 1 heterocycles. The Balaban J connectivity index is 2.36. The van der Waals surface area contributed by atoms with Crippen LogP contribution in [0.5, 0.6) is 0 Å². The molecule has 118 valence electrons. The molecule has 6 nitrogen and oxygen atoms in total. The summed E-state index contributed by atoms with van der Waals surface area (Å²) in [4.78, 5) is 12.2. The molecule has 0 radical (unpaired) electrons. The monoisotopic (exact) mass is 332 g/mol. The molecule has 0 aliphatic heterocycles. The predicted octanol–water partition coefficient (Wildman–Crippen LogP) is 2.32. The summed E-state index contributed by atoms with van der Waals surface area (Å²) in [5.41, 5.74) is -0.513. The van der Waals surface area contributed by atoms with Crippen LogP contribution in [0.4, 0.5) is 4.79 Å². The fraction of sp³-hybridized carbons (Fsp3) is 0.462. The van der Waals surface area contributed by atoms with Gasteiger partial charge in [0, 0.05) is 11.4 Å². The van der Waals surface area contributed by atoms with Gasteiger partial charge in [0.25, 0.3) is 0 Å². The van der Waals surface area contributed by atoms with Gasteiger partial charge in [0.15, 0.2) is 0 Å². The van der Waals surface area contributed by atoms with E-state index in [-0.39, 0.29) is 4.21 Å². The van der Waals surface area contributed by atoms with Gasteiger partial charge in [0.2, 0.25) is 10.0 Å². The third-order valence-corrected chi connectivity index (χ3v) is 4.63. The molecule has 0 aromatic carbocycles. The zero-order valence-electron chi connectivity index (χ0n) is 12.3. The number of sulfonamides is 1. The third kappa shape index (κ3) is 7.26. The summed E-state index contributed by atoms with van der Waals surface area (Å²) < 4.78 is 27.5. The molecule has 0 saturated carbocycles. The van der Waals surface area contributed by atoms with Crippen LogP contribution in [0.3, 0.4) is 0 Å². The highest BCUT2D eigenvalue weighted by molar-refractivity contribution is 7.91. The van der Waals surface area contributed by atoms with Crippen molar-refractivity contribution in [3.05, 3.63) is 23.1 Å². The summed E-state index contributed by atoms with van der Waals surface area (Å²) in [5.74, 6) is 0. The molecule has 8 heteroatoms. The molecule has 3 N–H and O–H groups in total. The number of nitrogens with two attached hydrogens (primary N) is 1. The molecule has 0 spiro atoms. The number of amides is 1. The maximum atomic E-state index is 11.4. The molecular formula is C13H20N2O4S2. The van der Waals surface area contributed by atoms with E-state index in [4.69, 9.17) is 9.88 Å². The van der Waals surface area contributed by atoms with Gasteiger partial charge in [-0.15, -0.1) is 11.3 Å². The lowest BCUT2D eigenvalue weighted by atomic mass is 10.2. The molecular weight excluding hydrogens is 312 g/mol. The van der Waals surface area contributed by atoms with Crippen molar-refractivity contribution in [2.24, 2.45) is 5.14 Å². The molecule has 0 aliphatic rings. The van der Waals surface area contributed by atoms with E-state index in [0.29, 0.717) is 13.0 Å². The highest BCUT2D eigenvalue weighted by Crippen LogP contribution is 2.21. The van der Waals surface area contributed by atoms with Crippen molar-refractivity contribution in [1.82, 2.24) is 5.32 Å². The van der Waals surface area contributed by atoms with E-state index in [1.54, 1.807) is 32.9 Å². The normalized spacial score (nSPS) is 12.6. The maximum Gasteiger partial charge on any atom is 0.407 e. The van der Waals surface area contributed by atoms with Crippen LogP contribution in [0.25, 0.3) is 6.08 Å². The zero-order chi connectivity index (χ0) is 16.1. The second kappa shape index (κ2) is 7.06. The van der Waals surface area contributed by atoms with Gasteiger partial charge in [-0.25, -0.2) is 18.4 Å². The Bertz CT molecular complexity index is 612. The van der Waals surface area contributed by atoms with Crippen molar-refractivity contribution in [2.75, 3.05) is 6.54 Å². The number of ether oxygens (including phenoxy) is 1. The molecule has 0 saturated heterocycles. The van der Waals surface area contributed by atoms with Gasteiger partial charge in [-0.3, -0.25) is 0 Å². The molecule has 21 heavy (non-hydrogen) atoms. The van der Waals surface area contributed by atoms with Gasteiger partial charge >= 0.3 is 6.09 Å². The highest BCUT2D eigenvalue weighted by atomic mass is 32.2. The first-order chi connectivity index (χ1) is 9.58. The number of thiophene rings is 1. The Labute approximate surface area is 129 Å². The van der Waals surface area contributed by atoms with Crippen molar-refractivity contribution in [3.63, 3.8) is 0 Å². The number of hydrogen-bond acceptors (Lipinski definition) is 5. The smallest absolute Gasteiger partial charge is 0.407 e. The van der Waals surface area contributed by atoms with Crippen LogP contribution in [0.15, 0.2) is 22.4 Å². The second-order valence-corrected chi connectivity index (χ2v) is 8.23. The number of primary sulfonamides is 1. The Morgan fingerprint density at radius 2 is 2.10 bits per heavy atom. The van der Waals surface area contributed by atoms with E-state index in [1.807, 2.05) is 6.08 Å². The quantitative estimate of drug-likeness (QED) is 0.808. The lowest BCUT2D eigenvalue weighted by Crippen LogP contribution is -2.32. The molecule has 0 unspecified atom stereocenters. The predicted molar refractivity (Wildman–Crippen MR) is 83.6 cm³/mol. The van der Waals surface area contributed by atoms with Gasteiger partial charge in [0.05, 0.1) is 0 Å². The minimum absolute atomic E-state index is 0.133. The standard InChI is InChI=1S/C13H20N2O4S2/c1-13(2,3)19-12(16)15-9-5-4-6-10-7-8-11(20-10)21(14,17)18/h4,6-8H,5,9H2,1-3H3,(H,15,16)(H2,14,17,18). The van der Waals surface area contributed by atoms with Gasteiger partial charge in [-0.05, 0) is 45.4 Å². The first kappa shape index (κ1) is 17.7. The van der Waals surface area contributed by atoms with Crippen molar-refractivity contribution >= 4 is 33.5 Å². The molecule has 1 rings (SSSR count). The molecule has 0 fully saturated rings. The third-order valence-electron chi connectivity index (χ3n) is 2.14. The van der Waals surface area contributed by atoms with Crippen LogP contribution in [0.2, 0.25) is 0 Å². The first-order valence-corrected chi connectivity index (χ1v) is 8.70. The number of carbonyl (C=O) groups is 1. The van der Waals surface area contributed by atoms with Crippen LogP contribution in [-0.4, -0.2) is 26.7 Å². The summed E-state index contributed by atoms with van der Waals surface area (Å²) in [6.07, 6.45) is 3.79. The van der Waals surface area contributed by atoms with Crippen LogP contribution < -0.4 is 10.5 Å². The fourth-order valence-electron chi connectivity index (χ4n) is 1.35. The van der Waals surface area contributed by atoms with Crippen LogP contribution in [0, 0.1) is 0 Å². The molecule has 1 aromatic heterocycles. The molecule has 0 bridgehead atoms. The van der Waals surface area contributed by atoms with Gasteiger partial charge in [0.1, 0.15) is 9.81 Å². The lowest BCUT2D eigenvalue weighted by molar-refractivity contribution is 0.0529. The number of hydrogen-bond donors (Lipinski definition) is 2. The zero-order valence-corrected chi connectivity index (χ0v) is 13.9. The Kier molecular flexibility index (Phi) is 5.94. The minimum Gasteiger partial charge on any atom is -0.444 e. The Morgan fingerprint density at radius 1 is 1.43 bits per heavy atom. The highest BCUT2D eigenvalue weighted by Gasteiger charge is 2.15. The van der Waals surface area contributed by atoms with Gasteiger partial charge < -0.3 is 10.1 Å². The molecule has 1 amide bonds. The summed E-state index contributed by atoms with van der Waals surface area (Å²) >= 11 is 1.10. The number of nitrogens with one attached hydrogen (secondary N) is 1. The van der Waals surface area contributed by atoms with Crippen LogP contribution in [0.1, 0.15) is 32.1 Å². The average molecular weight is 332 g/mol. The maximum absolute atomic E-state index is 11.4. The first-order valence-electron chi connectivity index (χ1n) is 6.34. The molecule has 0 atom stereocenters. The number of alkyl carbamates (subject to hydrolysis) is 1. The molecule has 0 aliphatic carbocycles. The topological polar surface area (TPSA) is 98.5 Å². The van der Waals surface area contributed by atoms with Gasteiger partial charge in [-0.1, -0.05) is 6.08 Å². The van der Waals surface area contributed by atoms with E-state index < -0.39 is 21.7 Å². The SMILES string of the molecule is CC(C)(C)OC(=O)NCCC=Cc1ccc(S(N)(=O)=O)s1. The summed E-state index contributed by atoms with van der Waals surface area (Å²) in [6, 6.07) is 3.15. The van der Waals surface area contributed by atoms with Gasteiger partial charge in [-0.2, -0.15) is 0 Å². The van der Waals surface area contributed by atoms with Crippen molar-refractivity contribution in [1.29, 1.82) is 0 Å². The van der Waals surface area contributed by atoms with Crippen molar-refractivity contribution in [3.8, 4) is 0 Å². The summed E-state index contributed by atoms with van der Waals surface area (Å²) in [6.45, 7) is 5.84. The fourth-order valence-corrected chi connectivity index (χ4v) is 3.03. The van der Waals surface area contributed by atoms with Crippen LogP contribution in [-0.2, 0) is 14.8 Å². The number of rotatable bonds is 5. The number of carbonyl (C=O) groups excluding carboxylic acids is 1. The van der Waals surface area contributed by atoms with Crippen molar-refractivity contribution < 1.29 is 17.9 Å². The summed E-state index contributed by atoms with van der Waals surface area (Å²) in [5, 5.41) is 7.66. The Hall–Kier alpha value is -1.38.